The van der Waals surface area contributed by atoms with Crippen molar-refractivity contribution in [3.8, 4) is 11.4 Å². The predicted molar refractivity (Wildman–Crippen MR) is 142 cm³/mol. The van der Waals surface area contributed by atoms with Crippen LogP contribution in [0.15, 0.2) is 48.5 Å². The summed E-state index contributed by atoms with van der Waals surface area (Å²) < 4.78 is 41.3. The van der Waals surface area contributed by atoms with Gasteiger partial charge in [-0.25, -0.2) is 9.78 Å². The predicted octanol–water partition coefficient (Wildman–Crippen LogP) is 6.80. The van der Waals surface area contributed by atoms with Gasteiger partial charge in [-0.05, 0) is 30.5 Å². The molecule has 0 atom stereocenters. The number of alkyl halides is 3. The molecular formula is C28H30ClF3N5OU-. The summed E-state index contributed by atoms with van der Waals surface area (Å²) in [7, 11) is 0. The number of benzene rings is 2. The maximum Gasteiger partial charge on any atom is 0.390 e. The SMILES string of the molecule is CCc1ccc(C(=N)N(CCC(F)(F)F)C(=O)NCc2nc(-c3cccc(Cl)c3)n3c2CC[C-](C)C3)cc1.[U]. The zero-order valence-electron chi connectivity index (χ0n) is 21.8. The van der Waals surface area contributed by atoms with Gasteiger partial charge in [-0.3, -0.25) is 16.2 Å². The number of halogens is 4. The second-order valence-electron chi connectivity index (χ2n) is 9.46. The summed E-state index contributed by atoms with van der Waals surface area (Å²) in [6, 6.07) is 13.5. The second-order valence-corrected chi connectivity index (χ2v) is 9.89. The molecule has 0 saturated carbocycles. The van der Waals surface area contributed by atoms with Gasteiger partial charge in [0.15, 0.2) is 0 Å². The zero-order chi connectivity index (χ0) is 27.4. The Morgan fingerprint density at radius 3 is 2.59 bits per heavy atom. The van der Waals surface area contributed by atoms with Crippen molar-refractivity contribution in [2.24, 2.45) is 0 Å². The second kappa shape index (κ2) is 13.4. The summed E-state index contributed by atoms with van der Waals surface area (Å²) in [5, 5.41) is 11.8. The monoisotopic (exact) mass is 782 g/mol. The minimum Gasteiger partial charge on any atom is -0.358 e. The summed E-state index contributed by atoms with van der Waals surface area (Å²) in [6.45, 7) is 4.12. The fourth-order valence-corrected chi connectivity index (χ4v) is 4.71. The van der Waals surface area contributed by atoms with Crippen molar-refractivity contribution in [3.05, 3.63) is 82.0 Å². The number of aryl methyl sites for hydroxylation is 1. The maximum absolute atomic E-state index is 13.2. The summed E-state index contributed by atoms with van der Waals surface area (Å²) in [5.74, 6) is 1.74. The molecule has 11 heteroatoms. The first-order valence-electron chi connectivity index (χ1n) is 12.5. The normalized spacial score (nSPS) is 13.4. The summed E-state index contributed by atoms with van der Waals surface area (Å²) in [6.07, 6.45) is -3.27. The van der Waals surface area contributed by atoms with Crippen molar-refractivity contribution < 1.29 is 49.1 Å². The molecule has 0 aliphatic carbocycles. The Kier molecular flexibility index (Phi) is 10.7. The molecule has 4 rings (SSSR count). The molecule has 2 amide bonds. The minimum atomic E-state index is -4.46. The van der Waals surface area contributed by atoms with Crippen molar-refractivity contribution >= 4 is 23.5 Å². The van der Waals surface area contributed by atoms with E-state index in [4.69, 9.17) is 22.0 Å². The maximum atomic E-state index is 13.2. The number of amides is 2. The van der Waals surface area contributed by atoms with E-state index in [9.17, 15) is 18.0 Å². The number of urea groups is 1. The molecule has 0 unspecified atom stereocenters. The quantitative estimate of drug-likeness (QED) is 0.157. The Morgan fingerprint density at radius 2 is 1.95 bits per heavy atom. The Bertz CT molecular complexity index is 1310. The summed E-state index contributed by atoms with van der Waals surface area (Å²) in [5.41, 5.74) is 3.86. The molecule has 1 aromatic heterocycles. The Morgan fingerprint density at radius 1 is 1.23 bits per heavy atom. The molecule has 2 aromatic carbocycles. The molecule has 206 valence electrons. The van der Waals surface area contributed by atoms with Crippen LogP contribution in [0.1, 0.15) is 49.2 Å². The van der Waals surface area contributed by atoms with Crippen molar-refractivity contribution in [3.63, 3.8) is 0 Å². The van der Waals surface area contributed by atoms with E-state index < -0.39 is 25.2 Å². The minimum absolute atomic E-state index is 0. The van der Waals surface area contributed by atoms with Gasteiger partial charge in [-0.2, -0.15) is 26.5 Å². The van der Waals surface area contributed by atoms with Crippen molar-refractivity contribution in [1.82, 2.24) is 19.8 Å². The average molecular weight is 783 g/mol. The number of amidine groups is 1. The molecule has 0 bridgehead atoms. The van der Waals surface area contributed by atoms with Gasteiger partial charge in [-0.1, -0.05) is 61.5 Å². The van der Waals surface area contributed by atoms with Crippen LogP contribution in [0.25, 0.3) is 11.4 Å². The third-order valence-corrected chi connectivity index (χ3v) is 6.87. The third kappa shape index (κ3) is 7.90. The van der Waals surface area contributed by atoms with Gasteiger partial charge in [-0.15, -0.1) is 0 Å². The van der Waals surface area contributed by atoms with E-state index in [1.807, 2.05) is 25.1 Å². The fraction of sp³-hybridized carbons (Fsp3) is 0.357. The number of imidazole rings is 1. The molecule has 1 aliphatic heterocycles. The molecule has 0 spiro atoms. The molecular weight excluding hydrogens is 753 g/mol. The number of rotatable bonds is 7. The van der Waals surface area contributed by atoms with E-state index >= 15 is 0 Å². The Balaban J connectivity index is 0.00000420. The molecule has 1 aliphatic rings. The van der Waals surface area contributed by atoms with Gasteiger partial charge in [0, 0.05) is 59.5 Å². The number of hydrogen-bond acceptors (Lipinski definition) is 3. The average Bonchev–Trinajstić information content (AvgIpc) is 3.24. The molecule has 2 N–H and O–H groups in total. The molecule has 0 saturated heterocycles. The standard InChI is InChI=1S/C28H30ClF3N5O.U/c1-3-19-8-10-20(11-9-19)25(33)36(14-13-28(30,31)32)27(38)34-16-23-24-12-7-18(2)17-37(24)26(35-23)21-5-4-6-22(29)15-21;/h4-6,8-11,15,33H,3,7,12-14,16-17H2,1-2H3,(H,34,38);/q-1;. The number of nitrogens with one attached hydrogen (secondary N) is 2. The smallest absolute Gasteiger partial charge is 0.358 e. The van der Waals surface area contributed by atoms with Crippen LogP contribution < -0.4 is 5.32 Å². The van der Waals surface area contributed by atoms with Crippen molar-refractivity contribution in [2.45, 2.75) is 58.8 Å². The van der Waals surface area contributed by atoms with E-state index in [0.29, 0.717) is 22.8 Å². The third-order valence-electron chi connectivity index (χ3n) is 6.63. The van der Waals surface area contributed by atoms with Crippen molar-refractivity contribution in [2.75, 3.05) is 6.54 Å². The molecule has 0 radical (unpaired) electrons. The topological polar surface area (TPSA) is 74.0 Å². The molecule has 2 heterocycles. The zero-order valence-corrected chi connectivity index (χ0v) is 26.7. The molecule has 3 aromatic rings. The fourth-order valence-electron chi connectivity index (χ4n) is 4.52. The van der Waals surface area contributed by atoms with Gasteiger partial charge in [0.25, 0.3) is 0 Å². The number of carbonyl (C=O) groups excluding carboxylic acids is 1. The van der Waals surface area contributed by atoms with E-state index in [0.717, 1.165) is 46.8 Å². The molecule has 39 heavy (non-hydrogen) atoms. The first-order valence-corrected chi connectivity index (χ1v) is 12.9. The number of fused-ring (bicyclic) bond motifs is 1. The van der Waals surface area contributed by atoms with E-state index in [1.54, 1.807) is 30.3 Å². The van der Waals surface area contributed by atoms with Crippen LogP contribution in [-0.2, 0) is 25.9 Å². The molecule has 6 nitrogen and oxygen atoms in total. The van der Waals surface area contributed by atoms with Gasteiger partial charge in [0.05, 0.1) is 18.7 Å². The number of nitrogens with zero attached hydrogens (tertiary/aromatic N) is 3. The number of aromatic nitrogens is 2. The summed E-state index contributed by atoms with van der Waals surface area (Å²) >= 11 is 6.20. The van der Waals surface area contributed by atoms with E-state index in [1.165, 1.54) is 5.92 Å². The largest absolute Gasteiger partial charge is 0.390 e. The van der Waals surface area contributed by atoms with E-state index in [-0.39, 0.29) is 43.5 Å². The van der Waals surface area contributed by atoms with E-state index in [2.05, 4.69) is 16.8 Å². The number of carbonyl (C=O) groups is 1. The summed E-state index contributed by atoms with van der Waals surface area (Å²) in [4.78, 5) is 18.8. The van der Waals surface area contributed by atoms with Crippen LogP contribution in [0.3, 0.4) is 0 Å². The first-order chi connectivity index (χ1) is 18.1. The Hall–Kier alpha value is -2.28. The van der Waals surface area contributed by atoms with Gasteiger partial charge < -0.3 is 9.88 Å². The van der Waals surface area contributed by atoms with Crippen LogP contribution in [0.4, 0.5) is 18.0 Å². The van der Waals surface area contributed by atoms with Gasteiger partial charge in [0.2, 0.25) is 0 Å². The Labute approximate surface area is 255 Å². The van der Waals surface area contributed by atoms with Gasteiger partial charge >= 0.3 is 12.2 Å². The first kappa shape index (κ1) is 31.3. The van der Waals surface area contributed by atoms with Crippen molar-refractivity contribution in [1.29, 1.82) is 5.41 Å². The van der Waals surface area contributed by atoms with Crippen LogP contribution in [0.2, 0.25) is 5.02 Å². The van der Waals surface area contributed by atoms with Crippen LogP contribution in [-0.4, -0.2) is 39.0 Å². The van der Waals surface area contributed by atoms with Crippen LogP contribution in [0.5, 0.6) is 0 Å². The van der Waals surface area contributed by atoms with Crippen LogP contribution in [0, 0.1) is 42.4 Å². The van der Waals surface area contributed by atoms with Gasteiger partial charge in [0.1, 0.15) is 11.7 Å². The number of hydrogen-bond donors (Lipinski definition) is 2. The van der Waals surface area contributed by atoms with Crippen LogP contribution >= 0.6 is 11.6 Å². The molecule has 0 fully saturated rings.